The second-order valence-electron chi connectivity index (χ2n) is 53.4. The lowest BCUT2D eigenvalue weighted by Crippen LogP contribution is -2.47. The molecule has 3 atom stereocenters. The van der Waals surface area contributed by atoms with Crippen molar-refractivity contribution in [2.24, 2.45) is 17.8 Å². The molecule has 0 bridgehead atoms. The highest BCUT2D eigenvalue weighted by Crippen LogP contribution is 2.69. The van der Waals surface area contributed by atoms with E-state index in [1.807, 2.05) is 0 Å². The van der Waals surface area contributed by atoms with E-state index in [9.17, 15) is 13.6 Å². The van der Waals surface area contributed by atoms with E-state index in [2.05, 4.69) is 400 Å². The van der Waals surface area contributed by atoms with E-state index in [1.54, 1.807) is 0 Å². The number of rotatable bonds is 45. The van der Waals surface area contributed by atoms with Gasteiger partial charge in [0, 0.05) is 0 Å². The summed E-state index contributed by atoms with van der Waals surface area (Å²) >= 11 is 0. The van der Waals surface area contributed by atoms with Gasteiger partial charge in [-0.05, 0) is 221 Å². The van der Waals surface area contributed by atoms with Crippen LogP contribution in [0.5, 0.6) is 0 Å². The van der Waals surface area contributed by atoms with Crippen molar-refractivity contribution in [2.45, 2.75) is 565 Å². The van der Waals surface area contributed by atoms with Crippen LogP contribution in [0.2, 0.25) is 0 Å². The summed E-state index contributed by atoms with van der Waals surface area (Å²) in [6.07, 6.45) is 35.0. The number of hydrogen-bond acceptors (Lipinski definition) is 3. The molecule has 0 heterocycles. The number of benzene rings is 6. The molecule has 3 unspecified atom stereocenters. The quantitative estimate of drug-likeness (QED) is 0.0282. The minimum Gasteiger partial charge on any atom is -0.295 e. The predicted molar refractivity (Wildman–Crippen MR) is 579 cm³/mol. The normalized spacial score (nSPS) is 14.8. The van der Waals surface area contributed by atoms with E-state index in [0.717, 1.165) is 77.0 Å². The molecule has 0 saturated carbocycles. The average Bonchev–Trinajstić information content (AvgIpc) is 0.707. The second kappa shape index (κ2) is 46.4. The van der Waals surface area contributed by atoms with Crippen LogP contribution < -0.4 is 0 Å². The zero-order chi connectivity index (χ0) is 98.3. The zero-order valence-electron chi connectivity index (χ0n) is 93.5. The van der Waals surface area contributed by atoms with Crippen molar-refractivity contribution < 1.29 is 13.6 Å². The van der Waals surface area contributed by atoms with Gasteiger partial charge >= 0.3 is 8.60 Å². The van der Waals surface area contributed by atoms with Crippen LogP contribution in [0.4, 0.5) is 0 Å². The summed E-state index contributed by atoms with van der Waals surface area (Å²) < 4.78 is 30.6. The summed E-state index contributed by atoms with van der Waals surface area (Å²) in [4.78, 5) is 0. The first-order valence-corrected chi connectivity index (χ1v) is 54.7. The third-order valence-corrected chi connectivity index (χ3v) is 31.0. The molecular weight excluding hydrogens is 1590 g/mol. The maximum Gasteiger partial charge on any atom is 0.336 e. The molecule has 0 aliphatic rings. The van der Waals surface area contributed by atoms with E-state index in [-0.39, 0.29) is 82.7 Å². The Kier molecular flexibility index (Phi) is 40.8. The van der Waals surface area contributed by atoms with Crippen molar-refractivity contribution >= 4 is 8.60 Å². The predicted octanol–water partition coefficient (Wildman–Crippen LogP) is 40.3. The molecule has 6 rings (SSSR count). The van der Waals surface area contributed by atoms with Gasteiger partial charge in [-0.15, -0.1) is 0 Å². The highest BCUT2D eigenvalue weighted by Gasteiger charge is 2.59. The zero-order valence-corrected chi connectivity index (χ0v) is 94.4. The van der Waals surface area contributed by atoms with E-state index < -0.39 is 25.4 Å². The molecule has 0 spiro atoms. The van der Waals surface area contributed by atoms with Crippen LogP contribution in [0.1, 0.15) is 584 Å². The standard InChI is InChI=1S/C126H207O3P/c1-43-49-52-55-58-61-64-67-70-91(46-4)124(100-79-73-94(112(7,8)9)85-106(100)118(25,26)27,101-80-74-95(113(10,11)12)86-107(101)119(28,29)30)127-130(128-125(92(47-5)71-68-65-62-59-56-53-50-44-2,102-81-75-96(114(13,14)15)87-108(102)120(31,32)33)103-82-76-97(115(16,17)18)88-109(103)121(34,35)36)129-126(93(48-6)72-69-66-63-60-57-54-51-45-3,104-83-77-98(116(19,20)21)89-110(104)122(37,38)39)105-84-78-99(117(22,23)24)90-111(105)123(40,41)42/h73-93H,43-72H2,1-42H3. The van der Waals surface area contributed by atoms with Crippen molar-refractivity contribution in [3.05, 3.63) is 209 Å². The van der Waals surface area contributed by atoms with Gasteiger partial charge in [0.2, 0.25) is 0 Å². The Morgan fingerprint density at radius 2 is 0.315 bits per heavy atom. The van der Waals surface area contributed by atoms with Crippen molar-refractivity contribution in [3.8, 4) is 0 Å². The summed E-state index contributed by atoms with van der Waals surface area (Å²) in [7, 11) is -2.74. The summed E-state index contributed by atoms with van der Waals surface area (Å²) in [5.74, 6) is -0.263. The van der Waals surface area contributed by atoms with Gasteiger partial charge in [0.25, 0.3) is 0 Å². The van der Waals surface area contributed by atoms with Gasteiger partial charge in [-0.1, -0.05) is 554 Å². The first-order chi connectivity index (χ1) is 59.8. The van der Waals surface area contributed by atoms with Crippen molar-refractivity contribution in [1.29, 1.82) is 0 Å². The van der Waals surface area contributed by atoms with Crippen LogP contribution in [0.25, 0.3) is 0 Å². The summed E-state index contributed by atoms with van der Waals surface area (Å²) in [5, 5.41) is 0. The Morgan fingerprint density at radius 1 is 0.177 bits per heavy atom. The molecule has 0 fully saturated rings. The molecule has 6 aromatic carbocycles. The van der Waals surface area contributed by atoms with Crippen LogP contribution in [0, 0.1) is 17.8 Å². The molecule has 0 N–H and O–H groups in total. The summed E-state index contributed by atoms with van der Waals surface area (Å²) in [5.41, 5.74) is 16.4. The molecule has 0 amide bonds. The van der Waals surface area contributed by atoms with Gasteiger partial charge in [-0.3, -0.25) is 13.6 Å². The molecule has 3 nitrogen and oxygen atoms in total. The molecule has 0 aromatic heterocycles. The molecule has 0 aliphatic carbocycles. The van der Waals surface area contributed by atoms with E-state index in [0.29, 0.717) is 0 Å². The van der Waals surface area contributed by atoms with Crippen molar-refractivity contribution in [1.82, 2.24) is 0 Å². The molecule has 0 saturated heterocycles. The van der Waals surface area contributed by atoms with Gasteiger partial charge < -0.3 is 0 Å². The molecule has 130 heavy (non-hydrogen) atoms. The van der Waals surface area contributed by atoms with E-state index in [1.165, 1.54) is 216 Å². The molecule has 734 valence electrons. The molecule has 6 aromatic rings. The van der Waals surface area contributed by atoms with E-state index in [4.69, 9.17) is 0 Å². The monoisotopic (exact) mass is 1800 g/mol. The minimum atomic E-state index is -2.74. The molecule has 0 radical (unpaired) electrons. The Balaban J connectivity index is 2.29. The molecular formula is C126H207O3P. The van der Waals surface area contributed by atoms with Crippen LogP contribution in [-0.4, -0.2) is 0 Å². The third-order valence-electron chi connectivity index (χ3n) is 29.6. The fourth-order valence-corrected chi connectivity index (χ4v) is 22.9. The third kappa shape index (κ3) is 29.6. The summed E-state index contributed by atoms with van der Waals surface area (Å²) in [6, 6.07) is 46.9. The maximum absolute atomic E-state index is 10.2. The first-order valence-electron chi connectivity index (χ1n) is 53.6. The minimum absolute atomic E-state index is 0.0878. The topological polar surface area (TPSA) is 27.7 Å². The van der Waals surface area contributed by atoms with Gasteiger partial charge in [0.05, 0.1) is 0 Å². The van der Waals surface area contributed by atoms with Crippen LogP contribution in [-0.2, 0) is 95.4 Å². The Bertz CT molecular complexity index is 3750. The Labute approximate surface area is 809 Å². The fourth-order valence-electron chi connectivity index (χ4n) is 21.1. The lowest BCUT2D eigenvalue weighted by Gasteiger charge is -2.53. The SMILES string of the molecule is CCCCCCCCCCC(CC)C(OP(OC(c1ccc(C(C)(C)C)cc1C(C)(C)C)(c1ccc(C(C)(C)C)cc1C(C)(C)C)C(CC)CCCCCCCCCC)OC(c1ccc(C(C)(C)C)cc1C(C)(C)C)(c1ccc(C(C)(C)C)cc1C(C)(C)C)C(CC)CCCCCCCCCC)(c1ccc(C(C)(C)C)cc1C(C)(C)C)c1ccc(C(C)(C)C)cc1C(C)(C)C. The highest BCUT2D eigenvalue weighted by atomic mass is 31.2. The maximum atomic E-state index is 10.2. The number of hydrogen-bond donors (Lipinski definition) is 0. The Hall–Kier alpha value is -4.37. The first kappa shape index (κ1) is 114. The van der Waals surface area contributed by atoms with Crippen LogP contribution >= 0.6 is 8.60 Å². The van der Waals surface area contributed by atoms with Gasteiger partial charge in [-0.25, -0.2) is 0 Å². The molecule has 0 aliphatic heterocycles. The Morgan fingerprint density at radius 3 is 0.438 bits per heavy atom. The summed E-state index contributed by atoms with van der Waals surface area (Å²) in [6.45, 7) is 103. The highest BCUT2D eigenvalue weighted by molar-refractivity contribution is 7.41. The van der Waals surface area contributed by atoms with Gasteiger partial charge in [-0.2, -0.15) is 0 Å². The lowest BCUT2D eigenvalue weighted by atomic mass is 9.64. The van der Waals surface area contributed by atoms with Crippen LogP contribution in [0.15, 0.2) is 109 Å². The molecule has 4 heteroatoms. The van der Waals surface area contributed by atoms with Crippen LogP contribution in [0.3, 0.4) is 0 Å². The van der Waals surface area contributed by atoms with Gasteiger partial charge in [0.1, 0.15) is 16.8 Å². The number of unbranched alkanes of at least 4 members (excludes halogenated alkanes) is 21. The fraction of sp³-hybridized carbons (Fsp3) is 0.714. The van der Waals surface area contributed by atoms with Crippen molar-refractivity contribution in [3.63, 3.8) is 0 Å². The van der Waals surface area contributed by atoms with Crippen molar-refractivity contribution in [2.75, 3.05) is 0 Å². The second-order valence-corrected chi connectivity index (χ2v) is 54.4. The average molecular weight is 1800 g/mol. The van der Waals surface area contributed by atoms with Gasteiger partial charge in [0.15, 0.2) is 0 Å². The largest absolute Gasteiger partial charge is 0.336 e. The smallest absolute Gasteiger partial charge is 0.295 e. The lowest BCUT2D eigenvalue weighted by molar-refractivity contribution is -0.0711. The van der Waals surface area contributed by atoms with E-state index >= 15 is 0 Å².